The number of hydrogen-bond donors (Lipinski definition) is 1. The Hall–Kier alpha value is -0.800. The van der Waals surface area contributed by atoms with E-state index in [9.17, 15) is 10.1 Å². The normalized spacial score (nSPS) is 17.5. The van der Waals surface area contributed by atoms with Crippen LogP contribution in [0.15, 0.2) is 18.2 Å². The lowest BCUT2D eigenvalue weighted by Crippen LogP contribution is -2.36. The van der Waals surface area contributed by atoms with E-state index in [1.165, 1.54) is 0 Å². The van der Waals surface area contributed by atoms with Crippen molar-refractivity contribution in [2.24, 2.45) is 5.41 Å². The van der Waals surface area contributed by atoms with Gasteiger partial charge in [-0.05, 0) is 53.6 Å². The summed E-state index contributed by atoms with van der Waals surface area (Å²) in [5.41, 5.74) is -0.142. The second kappa shape index (κ2) is 6.10. The average Bonchev–Trinajstić information content (AvgIpc) is 2.42. The van der Waals surface area contributed by atoms with E-state index in [1.54, 1.807) is 18.2 Å². The van der Waals surface area contributed by atoms with Gasteiger partial charge < -0.3 is 5.32 Å². The molecule has 0 atom stereocenters. The molecule has 0 saturated heterocycles. The molecule has 1 amide bonds. The van der Waals surface area contributed by atoms with Crippen molar-refractivity contribution in [3.63, 3.8) is 0 Å². The predicted molar refractivity (Wildman–Crippen MR) is 83.9 cm³/mol. The molecule has 3 nitrogen and oxygen atoms in total. The summed E-state index contributed by atoms with van der Waals surface area (Å²) in [4.78, 5) is 12.4. The first-order valence-corrected chi connectivity index (χ1v) is 7.71. The van der Waals surface area contributed by atoms with Gasteiger partial charge in [0.2, 0.25) is 5.91 Å². The van der Waals surface area contributed by atoms with Crippen LogP contribution in [-0.4, -0.2) is 5.91 Å². The summed E-state index contributed by atoms with van der Waals surface area (Å²) in [6.45, 7) is 0. The Morgan fingerprint density at radius 3 is 2.63 bits per heavy atom. The van der Waals surface area contributed by atoms with Crippen molar-refractivity contribution in [2.75, 3.05) is 5.32 Å². The van der Waals surface area contributed by atoms with Crippen LogP contribution in [0.1, 0.15) is 32.1 Å². The highest BCUT2D eigenvalue weighted by molar-refractivity contribution is 14.1. The number of rotatable bonds is 2. The summed E-state index contributed by atoms with van der Waals surface area (Å²) < 4.78 is 0.877. The van der Waals surface area contributed by atoms with Gasteiger partial charge in [0.1, 0.15) is 5.41 Å². The molecular formula is C14H14ClIN2O. The van der Waals surface area contributed by atoms with Crippen molar-refractivity contribution < 1.29 is 4.79 Å². The van der Waals surface area contributed by atoms with Crippen molar-refractivity contribution in [2.45, 2.75) is 32.1 Å². The van der Waals surface area contributed by atoms with Crippen molar-refractivity contribution in [1.29, 1.82) is 5.26 Å². The van der Waals surface area contributed by atoms with Crippen LogP contribution in [-0.2, 0) is 4.79 Å². The van der Waals surface area contributed by atoms with Gasteiger partial charge in [-0.15, -0.1) is 0 Å². The van der Waals surface area contributed by atoms with Crippen LogP contribution >= 0.6 is 34.2 Å². The van der Waals surface area contributed by atoms with Gasteiger partial charge in [0.15, 0.2) is 0 Å². The summed E-state index contributed by atoms with van der Waals surface area (Å²) in [5.74, 6) is -0.185. The third-order valence-corrected chi connectivity index (χ3v) is 4.66. The maximum absolute atomic E-state index is 12.4. The number of benzene rings is 1. The molecule has 100 valence electrons. The highest BCUT2D eigenvalue weighted by atomic mass is 127. The fraction of sp³-hybridized carbons (Fsp3) is 0.429. The molecule has 0 aliphatic heterocycles. The van der Waals surface area contributed by atoms with Crippen molar-refractivity contribution in [1.82, 2.24) is 0 Å². The third-order valence-electron chi connectivity index (χ3n) is 3.54. The van der Waals surface area contributed by atoms with Crippen LogP contribution in [0.3, 0.4) is 0 Å². The first-order chi connectivity index (χ1) is 9.07. The molecule has 1 aliphatic rings. The summed E-state index contributed by atoms with van der Waals surface area (Å²) in [7, 11) is 0. The van der Waals surface area contributed by atoms with E-state index in [2.05, 4.69) is 34.0 Å². The minimum atomic E-state index is -0.860. The summed E-state index contributed by atoms with van der Waals surface area (Å²) in [6, 6.07) is 7.53. The molecule has 5 heteroatoms. The van der Waals surface area contributed by atoms with Crippen LogP contribution in [0, 0.1) is 20.3 Å². The molecule has 0 unspecified atom stereocenters. The standard InChI is InChI=1S/C14H14ClIN2O/c15-10-4-5-12(11(16)8-10)18-13(19)14(9-17)6-2-1-3-7-14/h4-5,8H,1-3,6-7H2,(H,18,19). The SMILES string of the molecule is N#CC1(C(=O)Nc2ccc(Cl)cc2I)CCCCC1. The van der Waals surface area contributed by atoms with Crippen LogP contribution in [0.4, 0.5) is 5.69 Å². The lowest BCUT2D eigenvalue weighted by atomic mass is 9.74. The lowest BCUT2D eigenvalue weighted by Gasteiger charge is -2.29. The maximum atomic E-state index is 12.4. The molecule has 0 heterocycles. The smallest absolute Gasteiger partial charge is 0.244 e. The number of nitriles is 1. The second-order valence-electron chi connectivity index (χ2n) is 4.83. The van der Waals surface area contributed by atoms with Crippen LogP contribution in [0.5, 0.6) is 0 Å². The number of carbonyl (C=O) groups is 1. The largest absolute Gasteiger partial charge is 0.324 e. The first-order valence-electron chi connectivity index (χ1n) is 6.25. The molecule has 1 saturated carbocycles. The molecule has 0 bridgehead atoms. The molecule has 0 aromatic heterocycles. The van der Waals surface area contributed by atoms with Gasteiger partial charge >= 0.3 is 0 Å². The molecule has 2 rings (SSSR count). The van der Waals surface area contributed by atoms with Gasteiger partial charge in [0.05, 0.1) is 11.8 Å². The molecule has 0 radical (unpaired) electrons. The third kappa shape index (κ3) is 3.21. The first kappa shape index (κ1) is 14.6. The molecule has 0 spiro atoms. The quantitative estimate of drug-likeness (QED) is 0.766. The van der Waals surface area contributed by atoms with Gasteiger partial charge in [-0.1, -0.05) is 30.9 Å². The minimum absolute atomic E-state index is 0.185. The Balaban J connectivity index is 2.18. The second-order valence-corrected chi connectivity index (χ2v) is 6.43. The van der Waals surface area contributed by atoms with E-state index in [-0.39, 0.29) is 5.91 Å². The van der Waals surface area contributed by atoms with E-state index in [1.807, 2.05) is 0 Å². The predicted octanol–water partition coefficient (Wildman–Crippen LogP) is 4.36. The summed E-state index contributed by atoms with van der Waals surface area (Å²) in [5, 5.41) is 12.9. The van der Waals surface area contributed by atoms with E-state index in [0.29, 0.717) is 17.9 Å². The topological polar surface area (TPSA) is 52.9 Å². The maximum Gasteiger partial charge on any atom is 0.244 e. The molecule has 1 fully saturated rings. The number of halogens is 2. The molecular weight excluding hydrogens is 375 g/mol. The zero-order valence-electron chi connectivity index (χ0n) is 10.4. The van der Waals surface area contributed by atoms with Gasteiger partial charge in [-0.2, -0.15) is 5.26 Å². The Morgan fingerprint density at radius 2 is 2.05 bits per heavy atom. The average molecular weight is 389 g/mol. The fourth-order valence-electron chi connectivity index (χ4n) is 2.38. The van der Waals surface area contributed by atoms with Crippen molar-refractivity contribution in [3.05, 3.63) is 26.8 Å². The Labute approximate surface area is 131 Å². The zero-order chi connectivity index (χ0) is 13.9. The number of anilines is 1. The van der Waals surface area contributed by atoms with Crippen LogP contribution in [0.2, 0.25) is 5.02 Å². The Kier molecular flexibility index (Phi) is 4.69. The number of nitrogens with zero attached hydrogens (tertiary/aromatic N) is 1. The minimum Gasteiger partial charge on any atom is -0.324 e. The monoisotopic (exact) mass is 388 g/mol. The highest BCUT2D eigenvalue weighted by Gasteiger charge is 2.39. The number of hydrogen-bond acceptors (Lipinski definition) is 2. The van der Waals surface area contributed by atoms with E-state index < -0.39 is 5.41 Å². The van der Waals surface area contributed by atoms with Crippen LogP contribution < -0.4 is 5.32 Å². The molecule has 1 aliphatic carbocycles. The highest BCUT2D eigenvalue weighted by Crippen LogP contribution is 2.37. The molecule has 1 aromatic rings. The summed E-state index contributed by atoms with van der Waals surface area (Å²) >= 11 is 8.01. The van der Waals surface area contributed by atoms with Gasteiger partial charge in [-0.3, -0.25) is 4.79 Å². The number of amides is 1. The Bertz CT molecular complexity index is 533. The van der Waals surface area contributed by atoms with Crippen molar-refractivity contribution in [3.8, 4) is 6.07 Å². The summed E-state index contributed by atoms with van der Waals surface area (Å²) in [6.07, 6.45) is 4.30. The van der Waals surface area contributed by atoms with Crippen LogP contribution in [0.25, 0.3) is 0 Å². The zero-order valence-corrected chi connectivity index (χ0v) is 13.3. The van der Waals surface area contributed by atoms with Gasteiger partial charge in [0, 0.05) is 8.59 Å². The van der Waals surface area contributed by atoms with E-state index in [4.69, 9.17) is 11.6 Å². The number of nitrogens with one attached hydrogen (secondary N) is 1. The molecule has 19 heavy (non-hydrogen) atoms. The fourth-order valence-corrected chi connectivity index (χ4v) is 3.38. The molecule has 1 aromatic carbocycles. The molecule has 1 N–H and O–H groups in total. The van der Waals surface area contributed by atoms with E-state index in [0.717, 1.165) is 28.5 Å². The van der Waals surface area contributed by atoms with Gasteiger partial charge in [0.25, 0.3) is 0 Å². The number of carbonyl (C=O) groups excluding carboxylic acids is 1. The van der Waals surface area contributed by atoms with Gasteiger partial charge in [-0.25, -0.2) is 0 Å². The van der Waals surface area contributed by atoms with E-state index >= 15 is 0 Å². The Morgan fingerprint density at radius 1 is 1.37 bits per heavy atom. The lowest BCUT2D eigenvalue weighted by molar-refractivity contribution is -0.124. The van der Waals surface area contributed by atoms with Crippen molar-refractivity contribution >= 4 is 45.8 Å².